The van der Waals surface area contributed by atoms with Crippen molar-refractivity contribution in [3.05, 3.63) is 65.3 Å². The molecule has 0 bridgehead atoms. The van der Waals surface area contributed by atoms with Crippen molar-refractivity contribution in [1.29, 1.82) is 0 Å². The van der Waals surface area contributed by atoms with E-state index < -0.39 is 0 Å². The third kappa shape index (κ3) is 2.54. The van der Waals surface area contributed by atoms with E-state index >= 15 is 0 Å². The van der Waals surface area contributed by atoms with E-state index in [9.17, 15) is 0 Å². The van der Waals surface area contributed by atoms with Gasteiger partial charge in [-0.1, -0.05) is 48.5 Å². The normalized spacial score (nSPS) is 10.2. The summed E-state index contributed by atoms with van der Waals surface area (Å²) in [7, 11) is 0. The number of pyridine rings is 1. The molecule has 0 aliphatic heterocycles. The minimum absolute atomic E-state index is 0.230. The third-order valence-corrected chi connectivity index (χ3v) is 3.51. The second-order valence-electron chi connectivity index (χ2n) is 4.53. The lowest BCUT2D eigenvalue weighted by molar-refractivity contribution is 0.374. The minimum atomic E-state index is 0.230. The number of ether oxygens (including phenoxy) is 1. The number of benzene rings is 2. The van der Waals surface area contributed by atoms with Crippen LogP contribution in [-0.2, 0) is 0 Å². The van der Waals surface area contributed by atoms with Gasteiger partial charge in [0.05, 0.1) is 5.52 Å². The molecule has 3 rings (SSSR count). The number of nitrogens with zero attached hydrogens (tertiary/aromatic N) is 1. The Morgan fingerprint density at radius 3 is 2.52 bits per heavy atom. The molecular formula is C18H13NOS. The van der Waals surface area contributed by atoms with Gasteiger partial charge in [0.15, 0.2) is 0 Å². The first-order valence-electron chi connectivity index (χ1n) is 6.58. The number of aromatic nitrogens is 1. The van der Waals surface area contributed by atoms with Gasteiger partial charge < -0.3 is 9.30 Å². The first-order valence-corrected chi connectivity index (χ1v) is 6.98. The second kappa shape index (κ2) is 5.82. The molecule has 2 nitrogen and oxygen atoms in total. The van der Waals surface area contributed by atoms with Gasteiger partial charge >= 0.3 is 0 Å². The quantitative estimate of drug-likeness (QED) is 0.525. The van der Waals surface area contributed by atoms with Crippen molar-refractivity contribution in [3.8, 4) is 23.8 Å². The van der Waals surface area contributed by atoms with Crippen LogP contribution >= 0.6 is 12.2 Å². The van der Waals surface area contributed by atoms with Crippen molar-refractivity contribution in [2.24, 2.45) is 0 Å². The zero-order valence-corrected chi connectivity index (χ0v) is 12.1. The number of terminal acetylenes is 1. The highest BCUT2D eigenvalue weighted by molar-refractivity contribution is 7.71. The Hall–Kier alpha value is -2.57. The summed E-state index contributed by atoms with van der Waals surface area (Å²) in [6.45, 7) is 0.230. The van der Waals surface area contributed by atoms with Crippen LogP contribution in [0.4, 0.5) is 0 Å². The van der Waals surface area contributed by atoms with Crippen molar-refractivity contribution < 1.29 is 4.74 Å². The zero-order valence-electron chi connectivity index (χ0n) is 11.3. The molecule has 3 heteroatoms. The molecule has 3 aromatic rings. The largest absolute Gasteiger partial charge is 0.480 e. The van der Waals surface area contributed by atoms with Crippen molar-refractivity contribution in [3.63, 3.8) is 0 Å². The van der Waals surface area contributed by atoms with E-state index in [1.54, 1.807) is 0 Å². The molecule has 0 fully saturated rings. The Morgan fingerprint density at radius 2 is 1.76 bits per heavy atom. The van der Waals surface area contributed by atoms with E-state index in [0.29, 0.717) is 4.64 Å². The highest BCUT2D eigenvalue weighted by Gasteiger charge is 2.08. The topological polar surface area (TPSA) is 14.2 Å². The summed E-state index contributed by atoms with van der Waals surface area (Å²) >= 11 is 5.53. The predicted octanol–water partition coefficient (Wildman–Crippen LogP) is 4.37. The Labute approximate surface area is 128 Å². The summed E-state index contributed by atoms with van der Waals surface area (Å²) in [4.78, 5) is 0. The molecule has 0 unspecified atom stereocenters. The molecule has 0 N–H and O–H groups in total. The van der Waals surface area contributed by atoms with Gasteiger partial charge in [-0.2, -0.15) is 0 Å². The number of hydrogen-bond donors (Lipinski definition) is 0. The van der Waals surface area contributed by atoms with E-state index in [1.807, 2.05) is 65.2 Å². The number of fused-ring (bicyclic) bond motifs is 1. The molecule has 0 saturated carbocycles. The number of hydrogen-bond acceptors (Lipinski definition) is 2. The predicted molar refractivity (Wildman–Crippen MR) is 88.4 cm³/mol. The van der Waals surface area contributed by atoms with Gasteiger partial charge in [0.2, 0.25) is 0 Å². The maximum Gasteiger partial charge on any atom is 0.148 e. The maximum absolute atomic E-state index is 5.62. The fourth-order valence-corrected chi connectivity index (χ4v) is 2.64. The van der Waals surface area contributed by atoms with E-state index in [1.165, 1.54) is 0 Å². The summed E-state index contributed by atoms with van der Waals surface area (Å²) in [5.41, 5.74) is 2.03. The summed E-state index contributed by atoms with van der Waals surface area (Å²) in [6, 6.07) is 19.9. The van der Waals surface area contributed by atoms with Crippen molar-refractivity contribution in [1.82, 2.24) is 4.57 Å². The van der Waals surface area contributed by atoms with Gasteiger partial charge in [-0.05, 0) is 24.3 Å². The molecule has 102 valence electrons. The van der Waals surface area contributed by atoms with Gasteiger partial charge in [-0.15, -0.1) is 6.42 Å². The van der Waals surface area contributed by atoms with E-state index in [4.69, 9.17) is 23.4 Å². The van der Waals surface area contributed by atoms with Crippen LogP contribution in [0.25, 0.3) is 16.6 Å². The summed E-state index contributed by atoms with van der Waals surface area (Å²) in [6.07, 6.45) is 5.27. The molecule has 0 spiro atoms. The molecule has 0 aliphatic rings. The monoisotopic (exact) mass is 291 g/mol. The molecule has 0 aliphatic carbocycles. The molecule has 0 atom stereocenters. The van der Waals surface area contributed by atoms with Crippen molar-refractivity contribution >= 4 is 23.1 Å². The third-order valence-electron chi connectivity index (χ3n) is 3.21. The molecular weight excluding hydrogens is 278 g/mol. The second-order valence-corrected chi connectivity index (χ2v) is 4.95. The van der Waals surface area contributed by atoms with Crippen LogP contribution in [0.15, 0.2) is 60.7 Å². The molecule has 1 aromatic heterocycles. The Balaban J connectivity index is 2.31. The lowest BCUT2D eigenvalue weighted by atomic mass is 10.2. The van der Waals surface area contributed by atoms with Gasteiger partial charge in [0.25, 0.3) is 0 Å². The Bertz CT molecular complexity index is 875. The van der Waals surface area contributed by atoms with Gasteiger partial charge in [0.1, 0.15) is 17.0 Å². The van der Waals surface area contributed by atoms with Gasteiger partial charge in [-0.3, -0.25) is 0 Å². The van der Waals surface area contributed by atoms with Crippen molar-refractivity contribution in [2.75, 3.05) is 6.61 Å². The standard InChI is InChI=1S/C18H13NOS/c1-2-12-20-17-13-18(21)19(14-8-4-3-5-9-14)16-11-7-6-10-15(16)17/h1,3-11,13H,12H2. The first kappa shape index (κ1) is 13.4. The lowest BCUT2D eigenvalue weighted by Crippen LogP contribution is -2.02. The van der Waals surface area contributed by atoms with Crippen LogP contribution in [-0.4, -0.2) is 11.2 Å². The summed E-state index contributed by atoms with van der Waals surface area (Å²) in [5.74, 6) is 3.21. The van der Waals surface area contributed by atoms with Crippen molar-refractivity contribution in [2.45, 2.75) is 0 Å². The van der Waals surface area contributed by atoms with Crippen LogP contribution in [0.5, 0.6) is 5.75 Å². The fraction of sp³-hybridized carbons (Fsp3) is 0.0556. The maximum atomic E-state index is 5.62. The van der Waals surface area contributed by atoms with E-state index in [-0.39, 0.29) is 6.61 Å². The number of para-hydroxylation sites is 2. The minimum Gasteiger partial charge on any atom is -0.480 e. The van der Waals surface area contributed by atoms with Crippen LogP contribution in [0.2, 0.25) is 0 Å². The van der Waals surface area contributed by atoms with Crippen LogP contribution in [0, 0.1) is 17.0 Å². The van der Waals surface area contributed by atoms with E-state index in [2.05, 4.69) is 5.92 Å². The molecule has 0 radical (unpaired) electrons. The Kier molecular flexibility index (Phi) is 3.72. The van der Waals surface area contributed by atoms with Crippen LogP contribution in [0.1, 0.15) is 0 Å². The first-order chi connectivity index (χ1) is 10.3. The highest BCUT2D eigenvalue weighted by Crippen LogP contribution is 2.28. The smallest absolute Gasteiger partial charge is 0.148 e. The summed E-state index contributed by atoms with van der Waals surface area (Å²) < 4.78 is 8.35. The summed E-state index contributed by atoms with van der Waals surface area (Å²) in [5, 5.41) is 0.991. The molecule has 21 heavy (non-hydrogen) atoms. The fourth-order valence-electron chi connectivity index (χ4n) is 2.33. The molecule has 0 amide bonds. The molecule has 0 saturated heterocycles. The van der Waals surface area contributed by atoms with Crippen LogP contribution < -0.4 is 4.74 Å². The average Bonchev–Trinajstić information content (AvgIpc) is 2.53. The molecule has 1 heterocycles. The number of rotatable bonds is 3. The van der Waals surface area contributed by atoms with E-state index in [0.717, 1.165) is 22.3 Å². The van der Waals surface area contributed by atoms with Crippen LogP contribution in [0.3, 0.4) is 0 Å². The SMILES string of the molecule is C#CCOc1cc(=S)n(-c2ccccc2)c2ccccc12. The Morgan fingerprint density at radius 1 is 1.05 bits per heavy atom. The van der Waals surface area contributed by atoms with Gasteiger partial charge in [0, 0.05) is 17.1 Å². The van der Waals surface area contributed by atoms with Gasteiger partial charge in [-0.25, -0.2) is 0 Å². The zero-order chi connectivity index (χ0) is 14.7. The lowest BCUT2D eigenvalue weighted by Gasteiger charge is -2.14. The average molecular weight is 291 g/mol. The highest BCUT2D eigenvalue weighted by atomic mass is 32.1. The molecule has 2 aromatic carbocycles.